The normalized spacial score (nSPS) is 9.89. The molecule has 0 aliphatic heterocycles. The van der Waals surface area contributed by atoms with Gasteiger partial charge in [0.05, 0.1) is 4.92 Å². The van der Waals surface area contributed by atoms with Crippen LogP contribution < -0.4 is 16.8 Å². The van der Waals surface area contributed by atoms with Crippen LogP contribution in [0.5, 0.6) is 0 Å². The van der Waals surface area contributed by atoms with E-state index in [1.807, 2.05) is 0 Å². The fourth-order valence-electron chi connectivity index (χ4n) is 1.41. The number of hydrogen-bond acceptors (Lipinski definition) is 5. The summed E-state index contributed by atoms with van der Waals surface area (Å²) in [5.41, 5.74) is 10.2. The average molecular weight is 266 g/mol. The first-order chi connectivity index (χ1) is 8.91. The van der Waals surface area contributed by atoms with Gasteiger partial charge >= 0.3 is 0 Å². The molecule has 0 heterocycles. The second-order valence-electron chi connectivity index (χ2n) is 3.86. The molecule has 1 rings (SSSR count). The van der Waals surface area contributed by atoms with Crippen molar-refractivity contribution in [2.24, 2.45) is 5.73 Å². The summed E-state index contributed by atoms with van der Waals surface area (Å²) in [5.74, 6) is -0.912. The standard InChI is InChI=1S/C11H14N4O4/c12-8-4-3-7(6-9(8)15(18)19)11(17)14-5-1-2-10(13)16/h3-4,6H,1-2,5,12H2,(H2,13,16)(H,14,17). The topological polar surface area (TPSA) is 141 Å². The van der Waals surface area contributed by atoms with Gasteiger partial charge in [-0.3, -0.25) is 19.7 Å². The summed E-state index contributed by atoms with van der Waals surface area (Å²) >= 11 is 0. The van der Waals surface area contributed by atoms with E-state index in [9.17, 15) is 19.7 Å². The highest BCUT2D eigenvalue weighted by atomic mass is 16.6. The third-order valence-corrected chi connectivity index (χ3v) is 2.37. The summed E-state index contributed by atoms with van der Waals surface area (Å²) in [4.78, 5) is 32.2. The number of nitro groups is 1. The van der Waals surface area contributed by atoms with Crippen LogP contribution in [0.2, 0.25) is 0 Å². The van der Waals surface area contributed by atoms with Gasteiger partial charge in [0.1, 0.15) is 5.69 Å². The van der Waals surface area contributed by atoms with E-state index in [4.69, 9.17) is 11.5 Å². The fraction of sp³-hybridized carbons (Fsp3) is 0.273. The number of anilines is 1. The second-order valence-corrected chi connectivity index (χ2v) is 3.86. The predicted octanol–water partition coefficient (Wildman–Crippen LogP) is 0.172. The van der Waals surface area contributed by atoms with Crippen LogP contribution in [-0.2, 0) is 4.79 Å². The molecule has 0 bridgehead atoms. The highest BCUT2D eigenvalue weighted by Gasteiger charge is 2.15. The van der Waals surface area contributed by atoms with Gasteiger partial charge in [0.25, 0.3) is 11.6 Å². The minimum atomic E-state index is -0.654. The Morgan fingerprint density at radius 1 is 1.37 bits per heavy atom. The van der Waals surface area contributed by atoms with Crippen LogP contribution in [0.3, 0.4) is 0 Å². The molecular weight excluding hydrogens is 252 g/mol. The van der Waals surface area contributed by atoms with Crippen LogP contribution in [0.1, 0.15) is 23.2 Å². The van der Waals surface area contributed by atoms with Gasteiger partial charge in [-0.25, -0.2) is 0 Å². The molecule has 8 nitrogen and oxygen atoms in total. The lowest BCUT2D eigenvalue weighted by molar-refractivity contribution is -0.383. The van der Waals surface area contributed by atoms with E-state index < -0.39 is 16.7 Å². The molecule has 5 N–H and O–H groups in total. The Morgan fingerprint density at radius 3 is 2.63 bits per heavy atom. The Hall–Kier alpha value is -2.64. The lowest BCUT2D eigenvalue weighted by atomic mass is 10.1. The van der Waals surface area contributed by atoms with Crippen molar-refractivity contribution >= 4 is 23.2 Å². The third kappa shape index (κ3) is 4.26. The Morgan fingerprint density at radius 2 is 2.05 bits per heavy atom. The molecule has 0 aromatic heterocycles. The number of nitrogens with one attached hydrogen (secondary N) is 1. The number of carbonyl (C=O) groups excluding carboxylic acids is 2. The van der Waals surface area contributed by atoms with Gasteiger partial charge in [0.15, 0.2) is 0 Å². The van der Waals surface area contributed by atoms with Crippen molar-refractivity contribution in [1.82, 2.24) is 5.32 Å². The minimum absolute atomic E-state index is 0.00437. The van der Waals surface area contributed by atoms with Crippen molar-refractivity contribution in [3.8, 4) is 0 Å². The predicted molar refractivity (Wildman–Crippen MR) is 68.3 cm³/mol. The molecule has 1 aromatic rings. The number of nitrogens with two attached hydrogens (primary N) is 2. The number of carbonyl (C=O) groups is 2. The number of primary amides is 1. The number of nitrogens with zero attached hydrogens (tertiary/aromatic N) is 1. The van der Waals surface area contributed by atoms with Crippen molar-refractivity contribution in [3.63, 3.8) is 0 Å². The first-order valence-electron chi connectivity index (χ1n) is 5.52. The first kappa shape index (κ1) is 14.4. The van der Waals surface area contributed by atoms with Gasteiger partial charge in [0, 0.05) is 24.6 Å². The summed E-state index contributed by atoms with van der Waals surface area (Å²) < 4.78 is 0. The Bertz CT molecular complexity index is 515. The number of rotatable bonds is 6. The molecule has 1 aromatic carbocycles. The van der Waals surface area contributed by atoms with E-state index >= 15 is 0 Å². The van der Waals surface area contributed by atoms with Gasteiger partial charge in [0.2, 0.25) is 5.91 Å². The summed E-state index contributed by atoms with van der Waals surface area (Å²) in [6.07, 6.45) is 0.584. The molecule has 0 aliphatic carbocycles. The number of nitrogen functional groups attached to an aromatic ring is 1. The molecule has 102 valence electrons. The molecule has 19 heavy (non-hydrogen) atoms. The van der Waals surface area contributed by atoms with Crippen molar-refractivity contribution in [3.05, 3.63) is 33.9 Å². The highest BCUT2D eigenvalue weighted by Crippen LogP contribution is 2.22. The van der Waals surface area contributed by atoms with E-state index in [0.29, 0.717) is 6.42 Å². The zero-order chi connectivity index (χ0) is 14.4. The van der Waals surface area contributed by atoms with Crippen molar-refractivity contribution < 1.29 is 14.5 Å². The molecule has 0 aliphatic rings. The van der Waals surface area contributed by atoms with Crippen LogP contribution in [0.4, 0.5) is 11.4 Å². The van der Waals surface area contributed by atoms with E-state index in [1.54, 1.807) is 0 Å². The number of nitro benzene ring substituents is 1. The second kappa shape index (κ2) is 6.34. The maximum atomic E-state index is 11.7. The summed E-state index contributed by atoms with van der Waals surface area (Å²) in [5, 5.41) is 13.2. The number of benzene rings is 1. The lowest BCUT2D eigenvalue weighted by Crippen LogP contribution is -2.25. The zero-order valence-corrected chi connectivity index (χ0v) is 10.1. The zero-order valence-electron chi connectivity index (χ0n) is 10.1. The van der Waals surface area contributed by atoms with E-state index in [-0.39, 0.29) is 29.9 Å². The van der Waals surface area contributed by atoms with Gasteiger partial charge in [-0.15, -0.1) is 0 Å². The minimum Gasteiger partial charge on any atom is -0.393 e. The summed E-state index contributed by atoms with van der Waals surface area (Å²) in [6.45, 7) is 0.264. The summed E-state index contributed by atoms with van der Waals surface area (Å²) in [6, 6.07) is 3.81. The molecule has 0 saturated carbocycles. The Balaban J connectivity index is 2.65. The smallest absolute Gasteiger partial charge is 0.292 e. The van der Waals surface area contributed by atoms with E-state index in [1.165, 1.54) is 12.1 Å². The van der Waals surface area contributed by atoms with Crippen molar-refractivity contribution in [2.75, 3.05) is 12.3 Å². The van der Waals surface area contributed by atoms with E-state index in [2.05, 4.69) is 5.32 Å². The third-order valence-electron chi connectivity index (χ3n) is 2.37. The monoisotopic (exact) mass is 266 g/mol. The fourth-order valence-corrected chi connectivity index (χ4v) is 1.41. The molecule has 8 heteroatoms. The molecule has 0 radical (unpaired) electrons. The van der Waals surface area contributed by atoms with Crippen LogP contribution in [0, 0.1) is 10.1 Å². The van der Waals surface area contributed by atoms with Crippen molar-refractivity contribution in [2.45, 2.75) is 12.8 Å². The maximum Gasteiger partial charge on any atom is 0.292 e. The van der Waals surface area contributed by atoms with Crippen LogP contribution >= 0.6 is 0 Å². The average Bonchev–Trinajstić information content (AvgIpc) is 2.34. The van der Waals surface area contributed by atoms with Gasteiger partial charge < -0.3 is 16.8 Å². The Labute approximate surface area is 108 Å². The molecule has 0 spiro atoms. The van der Waals surface area contributed by atoms with Crippen LogP contribution in [-0.4, -0.2) is 23.3 Å². The van der Waals surface area contributed by atoms with Gasteiger partial charge in [-0.2, -0.15) is 0 Å². The maximum absolute atomic E-state index is 11.7. The number of amides is 2. The molecular formula is C11H14N4O4. The molecule has 0 saturated heterocycles. The first-order valence-corrected chi connectivity index (χ1v) is 5.52. The highest BCUT2D eigenvalue weighted by molar-refractivity contribution is 5.95. The van der Waals surface area contributed by atoms with Gasteiger partial charge in [-0.05, 0) is 18.6 Å². The number of hydrogen-bond donors (Lipinski definition) is 3. The SMILES string of the molecule is NC(=O)CCCNC(=O)c1ccc(N)c([N+](=O)[O-])c1. The van der Waals surface area contributed by atoms with Crippen LogP contribution in [0.25, 0.3) is 0 Å². The summed E-state index contributed by atoms with van der Waals surface area (Å²) in [7, 11) is 0. The molecule has 0 fully saturated rings. The Kier molecular flexibility index (Phi) is 4.81. The van der Waals surface area contributed by atoms with E-state index in [0.717, 1.165) is 6.07 Å². The lowest BCUT2D eigenvalue weighted by Gasteiger charge is -2.05. The molecule has 0 atom stereocenters. The molecule has 0 unspecified atom stereocenters. The van der Waals surface area contributed by atoms with Crippen LogP contribution in [0.15, 0.2) is 18.2 Å². The molecule has 2 amide bonds. The largest absolute Gasteiger partial charge is 0.393 e. The van der Waals surface area contributed by atoms with Gasteiger partial charge in [-0.1, -0.05) is 0 Å². The quantitative estimate of drug-likeness (QED) is 0.291. The van der Waals surface area contributed by atoms with Crippen molar-refractivity contribution in [1.29, 1.82) is 0 Å².